The Hall–Kier alpha value is -1.79. The van der Waals surface area contributed by atoms with E-state index in [1.165, 1.54) is 31.0 Å². The third-order valence-electron chi connectivity index (χ3n) is 3.37. The molecule has 1 aromatic rings. The Morgan fingerprint density at radius 3 is 2.67 bits per heavy atom. The standard InChI is InChI=1S/C14H18ClN3O3/c15-10-3-4-12(11(9-10)13(19)20)17-14(21)16-5-8-18-6-1-2-7-18/h3-4,9H,1-2,5-8H2,(H,19,20)(H2,16,17,21). The lowest BCUT2D eigenvalue weighted by Gasteiger charge is -2.15. The first-order valence-corrected chi connectivity index (χ1v) is 7.24. The molecule has 0 spiro atoms. The van der Waals surface area contributed by atoms with Gasteiger partial charge in [0, 0.05) is 18.1 Å². The maximum atomic E-state index is 11.8. The molecule has 1 saturated heterocycles. The number of carboxylic acids is 1. The number of anilines is 1. The number of aromatic carboxylic acids is 1. The molecule has 114 valence electrons. The molecule has 0 aromatic heterocycles. The van der Waals surface area contributed by atoms with Gasteiger partial charge < -0.3 is 20.6 Å². The smallest absolute Gasteiger partial charge is 0.337 e. The summed E-state index contributed by atoms with van der Waals surface area (Å²) >= 11 is 5.76. The molecule has 0 bridgehead atoms. The van der Waals surface area contributed by atoms with Crippen LogP contribution in [-0.4, -0.2) is 48.2 Å². The Morgan fingerprint density at radius 2 is 2.00 bits per heavy atom. The second kappa shape index (κ2) is 7.28. The molecule has 1 heterocycles. The molecule has 6 nitrogen and oxygen atoms in total. The van der Waals surface area contributed by atoms with Crippen LogP contribution in [0.4, 0.5) is 10.5 Å². The zero-order valence-electron chi connectivity index (χ0n) is 11.6. The minimum Gasteiger partial charge on any atom is -0.478 e. The largest absolute Gasteiger partial charge is 0.478 e. The van der Waals surface area contributed by atoms with Crippen molar-refractivity contribution in [3.63, 3.8) is 0 Å². The SMILES string of the molecule is O=C(NCCN1CCCC1)Nc1ccc(Cl)cc1C(=O)O. The number of amides is 2. The highest BCUT2D eigenvalue weighted by atomic mass is 35.5. The Balaban J connectivity index is 1.85. The molecule has 0 unspecified atom stereocenters. The number of hydrogen-bond acceptors (Lipinski definition) is 3. The van der Waals surface area contributed by atoms with Gasteiger partial charge in [0.25, 0.3) is 0 Å². The van der Waals surface area contributed by atoms with Gasteiger partial charge in [-0.25, -0.2) is 9.59 Å². The van der Waals surface area contributed by atoms with Crippen molar-refractivity contribution in [3.8, 4) is 0 Å². The number of hydrogen-bond donors (Lipinski definition) is 3. The summed E-state index contributed by atoms with van der Waals surface area (Å²) < 4.78 is 0. The lowest BCUT2D eigenvalue weighted by molar-refractivity contribution is 0.0698. The Labute approximate surface area is 128 Å². The normalized spacial score (nSPS) is 14.9. The molecule has 7 heteroatoms. The van der Waals surface area contributed by atoms with Crippen molar-refractivity contribution in [1.82, 2.24) is 10.2 Å². The van der Waals surface area contributed by atoms with Crippen LogP contribution in [0.15, 0.2) is 18.2 Å². The molecule has 21 heavy (non-hydrogen) atoms. The number of likely N-dealkylation sites (tertiary alicyclic amines) is 1. The van der Waals surface area contributed by atoms with Gasteiger partial charge >= 0.3 is 12.0 Å². The zero-order valence-corrected chi connectivity index (χ0v) is 12.3. The number of halogens is 1. The average molecular weight is 312 g/mol. The van der Waals surface area contributed by atoms with Gasteiger partial charge in [0.05, 0.1) is 11.3 Å². The van der Waals surface area contributed by atoms with E-state index in [0.717, 1.165) is 19.6 Å². The quantitative estimate of drug-likeness (QED) is 0.779. The highest BCUT2D eigenvalue weighted by Crippen LogP contribution is 2.20. The summed E-state index contributed by atoms with van der Waals surface area (Å²) in [5, 5.41) is 14.7. The van der Waals surface area contributed by atoms with Gasteiger partial charge in [-0.3, -0.25) is 0 Å². The van der Waals surface area contributed by atoms with E-state index in [1.54, 1.807) is 0 Å². The fourth-order valence-corrected chi connectivity index (χ4v) is 2.47. The topological polar surface area (TPSA) is 81.7 Å². The predicted molar refractivity (Wildman–Crippen MR) is 81.1 cm³/mol. The number of benzene rings is 1. The molecule has 2 amide bonds. The van der Waals surface area contributed by atoms with E-state index in [4.69, 9.17) is 16.7 Å². The Morgan fingerprint density at radius 1 is 1.29 bits per heavy atom. The first kappa shape index (κ1) is 15.6. The van der Waals surface area contributed by atoms with Crippen LogP contribution in [0.1, 0.15) is 23.2 Å². The number of nitrogens with zero attached hydrogens (tertiary/aromatic N) is 1. The number of carboxylic acid groups (broad SMARTS) is 1. The first-order valence-electron chi connectivity index (χ1n) is 6.86. The van der Waals surface area contributed by atoms with Crippen molar-refractivity contribution in [2.45, 2.75) is 12.8 Å². The van der Waals surface area contributed by atoms with Crippen molar-refractivity contribution in [1.29, 1.82) is 0 Å². The van der Waals surface area contributed by atoms with E-state index >= 15 is 0 Å². The molecule has 0 radical (unpaired) electrons. The van der Waals surface area contributed by atoms with E-state index in [1.807, 2.05) is 0 Å². The van der Waals surface area contributed by atoms with Gasteiger partial charge in [-0.05, 0) is 44.1 Å². The van der Waals surface area contributed by atoms with Crippen LogP contribution in [0.25, 0.3) is 0 Å². The zero-order chi connectivity index (χ0) is 15.2. The van der Waals surface area contributed by atoms with Crippen molar-refractivity contribution in [3.05, 3.63) is 28.8 Å². The van der Waals surface area contributed by atoms with Gasteiger partial charge in [0.1, 0.15) is 0 Å². The molecule has 0 atom stereocenters. The maximum Gasteiger partial charge on any atom is 0.337 e. The third-order valence-corrected chi connectivity index (χ3v) is 3.61. The van der Waals surface area contributed by atoms with Crippen molar-refractivity contribution < 1.29 is 14.7 Å². The van der Waals surface area contributed by atoms with Crippen molar-refractivity contribution in [2.75, 3.05) is 31.5 Å². The summed E-state index contributed by atoms with van der Waals surface area (Å²) in [7, 11) is 0. The van der Waals surface area contributed by atoms with E-state index in [0.29, 0.717) is 11.6 Å². The molecule has 1 aliphatic heterocycles. The van der Waals surface area contributed by atoms with E-state index < -0.39 is 12.0 Å². The summed E-state index contributed by atoms with van der Waals surface area (Å²) in [6.07, 6.45) is 2.41. The molecule has 1 fully saturated rings. The van der Waals surface area contributed by atoms with Crippen LogP contribution in [0.3, 0.4) is 0 Å². The minimum absolute atomic E-state index is 0.0304. The van der Waals surface area contributed by atoms with Crippen LogP contribution in [0.5, 0.6) is 0 Å². The van der Waals surface area contributed by atoms with Crippen LogP contribution in [0, 0.1) is 0 Å². The number of carbonyl (C=O) groups is 2. The minimum atomic E-state index is -1.13. The second-order valence-electron chi connectivity index (χ2n) is 4.92. The van der Waals surface area contributed by atoms with Gasteiger partial charge in [-0.1, -0.05) is 11.6 Å². The highest BCUT2D eigenvalue weighted by molar-refractivity contribution is 6.31. The molecule has 0 aliphatic carbocycles. The van der Waals surface area contributed by atoms with Crippen molar-refractivity contribution >= 4 is 29.3 Å². The molecule has 3 N–H and O–H groups in total. The molecular weight excluding hydrogens is 294 g/mol. The lowest BCUT2D eigenvalue weighted by Crippen LogP contribution is -2.36. The number of nitrogens with one attached hydrogen (secondary N) is 2. The van der Waals surface area contributed by atoms with Crippen molar-refractivity contribution in [2.24, 2.45) is 0 Å². The molecule has 1 aliphatic rings. The maximum absolute atomic E-state index is 11.8. The van der Waals surface area contributed by atoms with E-state index in [9.17, 15) is 9.59 Å². The molecule has 0 saturated carbocycles. The van der Waals surface area contributed by atoms with Gasteiger partial charge in [0.2, 0.25) is 0 Å². The Kier molecular flexibility index (Phi) is 5.41. The lowest BCUT2D eigenvalue weighted by atomic mass is 10.2. The highest BCUT2D eigenvalue weighted by Gasteiger charge is 2.14. The number of urea groups is 1. The van der Waals surface area contributed by atoms with Gasteiger partial charge in [-0.15, -0.1) is 0 Å². The van der Waals surface area contributed by atoms with Crippen LogP contribution >= 0.6 is 11.6 Å². The molecular formula is C14H18ClN3O3. The monoisotopic (exact) mass is 311 g/mol. The predicted octanol–water partition coefficient (Wildman–Crippen LogP) is 2.26. The van der Waals surface area contributed by atoms with E-state index in [-0.39, 0.29) is 11.3 Å². The second-order valence-corrected chi connectivity index (χ2v) is 5.36. The van der Waals surface area contributed by atoms with Gasteiger partial charge in [-0.2, -0.15) is 0 Å². The summed E-state index contributed by atoms with van der Waals surface area (Å²) in [6, 6.07) is 3.91. The fourth-order valence-electron chi connectivity index (χ4n) is 2.30. The third kappa shape index (κ3) is 4.61. The van der Waals surface area contributed by atoms with E-state index in [2.05, 4.69) is 15.5 Å². The van der Waals surface area contributed by atoms with Crippen LogP contribution in [-0.2, 0) is 0 Å². The van der Waals surface area contributed by atoms with Crippen LogP contribution < -0.4 is 10.6 Å². The average Bonchev–Trinajstić information content (AvgIpc) is 2.94. The Bertz CT molecular complexity index is 530. The number of rotatable bonds is 5. The summed E-state index contributed by atoms with van der Waals surface area (Å²) in [5.74, 6) is -1.13. The van der Waals surface area contributed by atoms with Crippen LogP contribution in [0.2, 0.25) is 5.02 Å². The summed E-state index contributed by atoms with van der Waals surface area (Å²) in [5.41, 5.74) is 0.197. The first-order chi connectivity index (χ1) is 10.1. The molecule has 2 rings (SSSR count). The van der Waals surface area contributed by atoms with Gasteiger partial charge in [0.15, 0.2) is 0 Å². The fraction of sp³-hybridized carbons (Fsp3) is 0.429. The summed E-state index contributed by atoms with van der Waals surface area (Å²) in [4.78, 5) is 25.2. The number of carbonyl (C=O) groups excluding carboxylic acids is 1. The summed E-state index contributed by atoms with van der Waals surface area (Å²) in [6.45, 7) is 3.48. The molecule has 1 aromatic carbocycles.